The van der Waals surface area contributed by atoms with Crippen molar-refractivity contribution in [3.63, 3.8) is 0 Å². The number of thiazole rings is 1. The van der Waals surface area contributed by atoms with E-state index in [0.717, 1.165) is 47.5 Å². The number of carbonyl (C=O) groups is 2. The highest BCUT2D eigenvalue weighted by Gasteiger charge is 2.25. The van der Waals surface area contributed by atoms with Gasteiger partial charge in [0.15, 0.2) is 0 Å². The van der Waals surface area contributed by atoms with Gasteiger partial charge in [0.05, 0.1) is 18.3 Å². The van der Waals surface area contributed by atoms with Gasteiger partial charge in [-0.25, -0.2) is 9.78 Å². The number of hydrogen-bond donors (Lipinski definition) is 2. The number of nitrogens with one attached hydrogen (secondary N) is 1. The van der Waals surface area contributed by atoms with Gasteiger partial charge < -0.3 is 15.2 Å². The van der Waals surface area contributed by atoms with Crippen molar-refractivity contribution in [2.45, 2.75) is 65.3 Å². The number of benzene rings is 1. The summed E-state index contributed by atoms with van der Waals surface area (Å²) in [6.45, 7) is 5.78. The molecule has 3 rings (SSSR count). The van der Waals surface area contributed by atoms with Crippen LogP contribution in [0.15, 0.2) is 46.9 Å². The van der Waals surface area contributed by atoms with Gasteiger partial charge in [-0.1, -0.05) is 31.4 Å². The summed E-state index contributed by atoms with van der Waals surface area (Å²) < 4.78 is 5.04. The topological polar surface area (TPSA) is 88.5 Å². The molecule has 34 heavy (non-hydrogen) atoms. The van der Waals surface area contributed by atoms with Gasteiger partial charge >= 0.3 is 5.97 Å². The number of aromatic hydroxyl groups is 1. The first-order valence-corrected chi connectivity index (χ1v) is 12.8. The average Bonchev–Trinajstić information content (AvgIpc) is 3.28. The Balaban J connectivity index is 1.78. The van der Waals surface area contributed by atoms with Crippen LogP contribution in [0.1, 0.15) is 75.2 Å². The molecule has 1 amide bonds. The van der Waals surface area contributed by atoms with Crippen LogP contribution in [-0.4, -0.2) is 28.6 Å². The Bertz CT molecular complexity index is 1030. The molecule has 1 fully saturated rings. The summed E-state index contributed by atoms with van der Waals surface area (Å²) in [5, 5.41) is 15.7. The molecule has 1 unspecified atom stereocenters. The zero-order valence-electron chi connectivity index (χ0n) is 20.2. The summed E-state index contributed by atoms with van der Waals surface area (Å²) in [5.41, 5.74) is 3.23. The third-order valence-corrected chi connectivity index (χ3v) is 6.90. The molecular weight excluding hydrogens is 448 g/mol. The molecule has 2 aromatic rings. The van der Waals surface area contributed by atoms with E-state index >= 15 is 0 Å². The summed E-state index contributed by atoms with van der Waals surface area (Å²) >= 11 is 1.51. The molecule has 1 aromatic carbocycles. The Kier molecular flexibility index (Phi) is 9.45. The fourth-order valence-corrected chi connectivity index (χ4v) is 5.00. The van der Waals surface area contributed by atoms with Crippen molar-refractivity contribution < 1.29 is 19.4 Å². The number of hydrogen-bond acceptors (Lipinski definition) is 6. The van der Waals surface area contributed by atoms with Crippen LogP contribution in [0.4, 0.5) is 0 Å². The van der Waals surface area contributed by atoms with Crippen LogP contribution in [-0.2, 0) is 20.7 Å². The zero-order chi connectivity index (χ0) is 24.5. The van der Waals surface area contributed by atoms with Crippen LogP contribution in [0.25, 0.3) is 6.08 Å². The van der Waals surface area contributed by atoms with E-state index in [2.05, 4.69) is 5.32 Å². The van der Waals surface area contributed by atoms with Crippen molar-refractivity contribution in [1.29, 1.82) is 0 Å². The molecule has 1 aliphatic rings. The fraction of sp³-hybridized carbons (Fsp3) is 0.444. The number of rotatable bonds is 9. The SMILES string of the molecule is CCOC(=O)/C(C)=C\C(C)=C\c1csc(C(Cc2ccc(O)cc2)NC(=O)C2CCCCC2)n1. The summed E-state index contributed by atoms with van der Waals surface area (Å²) in [6, 6.07) is 6.82. The third-order valence-electron chi connectivity index (χ3n) is 5.92. The maximum absolute atomic E-state index is 13.0. The zero-order valence-corrected chi connectivity index (χ0v) is 21.0. The van der Waals surface area contributed by atoms with Crippen molar-refractivity contribution in [2.75, 3.05) is 6.61 Å². The fourth-order valence-electron chi connectivity index (χ4n) is 4.17. The van der Waals surface area contributed by atoms with Crippen LogP contribution in [0.3, 0.4) is 0 Å². The standard InChI is InChI=1S/C27H34N2O4S/c1-4-33-27(32)19(3)14-18(2)15-22-17-34-26(28-22)24(16-20-10-12-23(30)13-11-20)29-25(31)21-8-6-5-7-9-21/h10-15,17,21,24,30H,4-9,16H2,1-3H3,(H,29,31)/b18-15+,19-14-. The van der Waals surface area contributed by atoms with Gasteiger partial charge in [-0.15, -0.1) is 11.3 Å². The summed E-state index contributed by atoms with van der Waals surface area (Å²) in [6.07, 6.45) is 9.58. The van der Waals surface area contributed by atoms with E-state index in [9.17, 15) is 14.7 Å². The molecule has 0 aliphatic heterocycles. The number of carbonyl (C=O) groups excluding carboxylic acids is 2. The minimum absolute atomic E-state index is 0.0635. The van der Waals surface area contributed by atoms with Gasteiger partial charge in [0, 0.05) is 16.9 Å². The molecule has 0 spiro atoms. The summed E-state index contributed by atoms with van der Waals surface area (Å²) in [5.74, 6) is 0.0528. The molecule has 1 saturated carbocycles. The summed E-state index contributed by atoms with van der Waals surface area (Å²) in [4.78, 5) is 29.7. The quantitative estimate of drug-likeness (QED) is 0.270. The molecular formula is C27H34N2O4S. The van der Waals surface area contributed by atoms with E-state index < -0.39 is 0 Å². The van der Waals surface area contributed by atoms with Crippen LogP contribution < -0.4 is 5.32 Å². The van der Waals surface area contributed by atoms with Crippen molar-refractivity contribution in [3.8, 4) is 5.75 Å². The molecule has 7 heteroatoms. The Morgan fingerprint density at radius 3 is 2.59 bits per heavy atom. The third kappa shape index (κ3) is 7.55. The van der Waals surface area contributed by atoms with E-state index in [-0.39, 0.29) is 29.6 Å². The molecule has 6 nitrogen and oxygen atoms in total. The van der Waals surface area contributed by atoms with Crippen molar-refractivity contribution in [2.24, 2.45) is 5.92 Å². The first kappa shape index (κ1) is 25.7. The highest BCUT2D eigenvalue weighted by Crippen LogP contribution is 2.28. The Hall–Kier alpha value is -2.93. The first-order chi connectivity index (χ1) is 16.4. The lowest BCUT2D eigenvalue weighted by atomic mass is 9.88. The van der Waals surface area contributed by atoms with E-state index in [1.54, 1.807) is 32.1 Å². The van der Waals surface area contributed by atoms with E-state index in [1.165, 1.54) is 17.8 Å². The first-order valence-electron chi connectivity index (χ1n) is 11.9. The molecule has 182 valence electrons. The Morgan fingerprint density at radius 1 is 1.21 bits per heavy atom. The largest absolute Gasteiger partial charge is 0.508 e. The van der Waals surface area contributed by atoms with Gasteiger partial charge in [-0.2, -0.15) is 0 Å². The van der Waals surface area contributed by atoms with E-state index in [1.807, 2.05) is 30.5 Å². The maximum atomic E-state index is 13.0. The van der Waals surface area contributed by atoms with Crippen molar-refractivity contribution in [1.82, 2.24) is 10.3 Å². The minimum atomic E-state index is -0.325. The highest BCUT2D eigenvalue weighted by molar-refractivity contribution is 7.09. The molecule has 0 radical (unpaired) electrons. The summed E-state index contributed by atoms with van der Waals surface area (Å²) in [7, 11) is 0. The van der Waals surface area contributed by atoms with Gasteiger partial charge in [-0.3, -0.25) is 4.79 Å². The van der Waals surface area contributed by atoms with E-state index in [0.29, 0.717) is 18.6 Å². The highest BCUT2D eigenvalue weighted by atomic mass is 32.1. The van der Waals surface area contributed by atoms with E-state index in [4.69, 9.17) is 9.72 Å². The lowest BCUT2D eigenvalue weighted by molar-refractivity contribution is -0.138. The van der Waals surface area contributed by atoms with Crippen LogP contribution in [0, 0.1) is 5.92 Å². The number of phenols is 1. The monoisotopic (exact) mass is 482 g/mol. The smallest absolute Gasteiger partial charge is 0.333 e. The molecule has 1 aromatic heterocycles. The van der Waals surface area contributed by atoms with Gasteiger partial charge in [0.1, 0.15) is 10.8 Å². The van der Waals surface area contributed by atoms with Crippen molar-refractivity contribution >= 4 is 29.3 Å². The predicted molar refractivity (Wildman–Crippen MR) is 135 cm³/mol. The number of nitrogens with zero attached hydrogens (tertiary/aromatic N) is 1. The second-order valence-corrected chi connectivity index (χ2v) is 9.70. The second-order valence-electron chi connectivity index (χ2n) is 8.81. The Morgan fingerprint density at radius 2 is 1.91 bits per heavy atom. The number of phenolic OH excluding ortho intramolecular Hbond substituents is 1. The number of amides is 1. The normalized spacial score (nSPS) is 16.2. The average molecular weight is 483 g/mol. The molecule has 1 aliphatic carbocycles. The predicted octanol–water partition coefficient (Wildman–Crippen LogP) is 5.74. The minimum Gasteiger partial charge on any atom is -0.508 e. The van der Waals surface area contributed by atoms with Crippen molar-refractivity contribution in [3.05, 3.63) is 63.1 Å². The van der Waals surface area contributed by atoms with Crippen LogP contribution in [0.2, 0.25) is 0 Å². The second kappa shape index (κ2) is 12.5. The molecule has 1 atom stereocenters. The number of allylic oxidation sites excluding steroid dienone is 2. The molecule has 2 N–H and O–H groups in total. The molecule has 0 saturated heterocycles. The Labute approximate surface area is 205 Å². The molecule has 1 heterocycles. The lowest BCUT2D eigenvalue weighted by Gasteiger charge is -2.24. The number of esters is 1. The van der Waals surface area contributed by atoms with Gasteiger partial charge in [0.25, 0.3) is 0 Å². The number of aromatic nitrogens is 1. The number of ether oxygens (including phenoxy) is 1. The van der Waals surface area contributed by atoms with Crippen LogP contribution >= 0.6 is 11.3 Å². The molecule has 0 bridgehead atoms. The van der Waals surface area contributed by atoms with Crippen LogP contribution in [0.5, 0.6) is 5.75 Å². The maximum Gasteiger partial charge on any atom is 0.333 e. The lowest BCUT2D eigenvalue weighted by Crippen LogP contribution is -2.35. The van der Waals surface area contributed by atoms with Gasteiger partial charge in [0.2, 0.25) is 5.91 Å². The van der Waals surface area contributed by atoms with Gasteiger partial charge in [-0.05, 0) is 75.5 Å².